The SMILES string of the molecule is CC(C)C(N)C(=O)Nc1ccccc1Oc1ccccc1. The number of nitrogens with one attached hydrogen (secondary N) is 1. The topological polar surface area (TPSA) is 64.4 Å². The summed E-state index contributed by atoms with van der Waals surface area (Å²) in [5.41, 5.74) is 6.47. The molecule has 0 aliphatic heterocycles. The van der Waals surface area contributed by atoms with Crippen LogP contribution in [-0.4, -0.2) is 11.9 Å². The molecular formula is C17H20N2O2. The van der Waals surface area contributed by atoms with Gasteiger partial charge in [0.05, 0.1) is 11.7 Å². The number of hydrogen-bond acceptors (Lipinski definition) is 3. The van der Waals surface area contributed by atoms with Gasteiger partial charge in [0.1, 0.15) is 5.75 Å². The van der Waals surface area contributed by atoms with Crippen molar-refractivity contribution >= 4 is 11.6 Å². The first kappa shape index (κ1) is 15.1. The second-order valence-corrected chi connectivity index (χ2v) is 5.17. The van der Waals surface area contributed by atoms with E-state index in [0.717, 1.165) is 0 Å². The van der Waals surface area contributed by atoms with Gasteiger partial charge in [0, 0.05) is 0 Å². The van der Waals surface area contributed by atoms with Gasteiger partial charge in [0.15, 0.2) is 5.75 Å². The van der Waals surface area contributed by atoms with Crippen molar-refractivity contribution in [2.75, 3.05) is 5.32 Å². The number of rotatable bonds is 5. The van der Waals surface area contributed by atoms with Gasteiger partial charge in [-0.05, 0) is 30.2 Å². The maximum Gasteiger partial charge on any atom is 0.241 e. The normalized spacial score (nSPS) is 12.0. The average Bonchev–Trinajstić information content (AvgIpc) is 2.49. The van der Waals surface area contributed by atoms with Crippen molar-refractivity contribution in [2.24, 2.45) is 11.7 Å². The maximum atomic E-state index is 12.1. The highest BCUT2D eigenvalue weighted by Gasteiger charge is 2.18. The molecule has 1 atom stereocenters. The lowest BCUT2D eigenvalue weighted by atomic mass is 10.0. The fourth-order valence-electron chi connectivity index (χ4n) is 1.79. The number of carbonyl (C=O) groups excluding carboxylic acids is 1. The van der Waals surface area contributed by atoms with Crippen LogP contribution in [0.4, 0.5) is 5.69 Å². The van der Waals surface area contributed by atoms with E-state index >= 15 is 0 Å². The lowest BCUT2D eigenvalue weighted by Crippen LogP contribution is -2.39. The molecule has 0 bridgehead atoms. The van der Waals surface area contributed by atoms with Crippen LogP contribution in [0.5, 0.6) is 11.5 Å². The van der Waals surface area contributed by atoms with Gasteiger partial charge in [-0.15, -0.1) is 0 Å². The fourth-order valence-corrected chi connectivity index (χ4v) is 1.79. The third-order valence-electron chi connectivity index (χ3n) is 3.14. The summed E-state index contributed by atoms with van der Waals surface area (Å²) in [5.74, 6) is 1.17. The van der Waals surface area contributed by atoms with Crippen molar-refractivity contribution in [3.63, 3.8) is 0 Å². The number of para-hydroxylation sites is 3. The van der Waals surface area contributed by atoms with Crippen LogP contribution in [-0.2, 0) is 4.79 Å². The van der Waals surface area contributed by atoms with E-state index < -0.39 is 6.04 Å². The van der Waals surface area contributed by atoms with Crippen LogP contribution in [0, 0.1) is 5.92 Å². The lowest BCUT2D eigenvalue weighted by molar-refractivity contribution is -0.118. The van der Waals surface area contributed by atoms with E-state index in [1.165, 1.54) is 0 Å². The van der Waals surface area contributed by atoms with Crippen molar-refractivity contribution in [1.29, 1.82) is 0 Å². The highest BCUT2D eigenvalue weighted by atomic mass is 16.5. The molecule has 0 aliphatic rings. The van der Waals surface area contributed by atoms with Gasteiger partial charge in [0.2, 0.25) is 5.91 Å². The Kier molecular flexibility index (Phi) is 4.95. The molecule has 110 valence electrons. The molecule has 0 fully saturated rings. The van der Waals surface area contributed by atoms with Crippen LogP contribution < -0.4 is 15.8 Å². The fraction of sp³-hybridized carbons (Fsp3) is 0.235. The third kappa shape index (κ3) is 4.07. The standard InChI is InChI=1S/C17H20N2O2/c1-12(2)16(18)17(20)19-14-10-6-7-11-15(14)21-13-8-4-3-5-9-13/h3-12,16H,18H2,1-2H3,(H,19,20). The lowest BCUT2D eigenvalue weighted by Gasteiger charge is -2.17. The Labute approximate surface area is 124 Å². The van der Waals surface area contributed by atoms with E-state index in [9.17, 15) is 4.79 Å². The number of carbonyl (C=O) groups is 1. The molecule has 0 saturated carbocycles. The molecule has 1 amide bonds. The Hall–Kier alpha value is -2.33. The molecule has 1 unspecified atom stereocenters. The molecule has 0 heterocycles. The predicted octanol–water partition coefficient (Wildman–Crippen LogP) is 3.40. The molecule has 21 heavy (non-hydrogen) atoms. The number of benzene rings is 2. The van der Waals surface area contributed by atoms with Crippen molar-refractivity contribution in [3.05, 3.63) is 54.6 Å². The van der Waals surface area contributed by atoms with E-state index in [0.29, 0.717) is 17.2 Å². The summed E-state index contributed by atoms with van der Waals surface area (Å²) in [7, 11) is 0. The molecular weight excluding hydrogens is 264 g/mol. The van der Waals surface area contributed by atoms with Crippen molar-refractivity contribution < 1.29 is 9.53 Å². The summed E-state index contributed by atoms with van der Waals surface area (Å²) in [6, 6.07) is 16.2. The van der Waals surface area contributed by atoms with Crippen LogP contribution in [0.3, 0.4) is 0 Å². The minimum Gasteiger partial charge on any atom is -0.455 e. The monoisotopic (exact) mass is 284 g/mol. The molecule has 4 heteroatoms. The molecule has 3 N–H and O–H groups in total. The van der Waals surface area contributed by atoms with Gasteiger partial charge in [-0.2, -0.15) is 0 Å². The van der Waals surface area contributed by atoms with Crippen LogP contribution in [0.1, 0.15) is 13.8 Å². The Balaban J connectivity index is 2.16. The van der Waals surface area contributed by atoms with Crippen LogP contribution in [0.15, 0.2) is 54.6 Å². The first-order valence-electron chi connectivity index (χ1n) is 6.96. The molecule has 0 aromatic heterocycles. The average molecular weight is 284 g/mol. The highest BCUT2D eigenvalue weighted by Crippen LogP contribution is 2.29. The van der Waals surface area contributed by atoms with E-state index in [1.807, 2.05) is 62.4 Å². The molecule has 2 aromatic carbocycles. The quantitative estimate of drug-likeness (QED) is 0.884. The number of nitrogens with two attached hydrogens (primary N) is 1. The molecule has 0 saturated heterocycles. The van der Waals surface area contributed by atoms with Gasteiger partial charge in [-0.25, -0.2) is 0 Å². The zero-order chi connectivity index (χ0) is 15.2. The minimum atomic E-state index is -0.546. The Morgan fingerprint density at radius 2 is 1.67 bits per heavy atom. The number of anilines is 1. The molecule has 2 aromatic rings. The van der Waals surface area contributed by atoms with Crippen LogP contribution in [0.2, 0.25) is 0 Å². The zero-order valence-corrected chi connectivity index (χ0v) is 12.2. The van der Waals surface area contributed by atoms with Crippen molar-refractivity contribution in [3.8, 4) is 11.5 Å². The van der Waals surface area contributed by atoms with Crippen molar-refractivity contribution in [1.82, 2.24) is 0 Å². The summed E-state index contributed by atoms with van der Waals surface area (Å²) >= 11 is 0. The summed E-state index contributed by atoms with van der Waals surface area (Å²) in [6.07, 6.45) is 0. The molecule has 0 aliphatic carbocycles. The molecule has 0 spiro atoms. The first-order valence-corrected chi connectivity index (χ1v) is 6.96. The highest BCUT2D eigenvalue weighted by molar-refractivity contribution is 5.96. The Bertz CT molecular complexity index is 597. The number of hydrogen-bond donors (Lipinski definition) is 2. The van der Waals surface area contributed by atoms with Crippen LogP contribution >= 0.6 is 0 Å². The maximum absolute atomic E-state index is 12.1. The third-order valence-corrected chi connectivity index (χ3v) is 3.14. The van der Waals surface area contributed by atoms with Gasteiger partial charge < -0.3 is 15.8 Å². The van der Waals surface area contributed by atoms with Gasteiger partial charge >= 0.3 is 0 Å². The van der Waals surface area contributed by atoms with E-state index in [4.69, 9.17) is 10.5 Å². The Morgan fingerprint density at radius 3 is 2.33 bits per heavy atom. The molecule has 0 radical (unpaired) electrons. The first-order chi connectivity index (χ1) is 10.1. The number of amides is 1. The smallest absolute Gasteiger partial charge is 0.241 e. The van der Waals surface area contributed by atoms with Gasteiger partial charge in [0.25, 0.3) is 0 Å². The van der Waals surface area contributed by atoms with Gasteiger partial charge in [-0.3, -0.25) is 4.79 Å². The second kappa shape index (κ2) is 6.90. The van der Waals surface area contributed by atoms with Crippen LogP contribution in [0.25, 0.3) is 0 Å². The predicted molar refractivity (Wildman–Crippen MR) is 84.4 cm³/mol. The second-order valence-electron chi connectivity index (χ2n) is 5.17. The Morgan fingerprint density at radius 1 is 1.05 bits per heavy atom. The van der Waals surface area contributed by atoms with E-state index in [2.05, 4.69) is 5.32 Å². The van der Waals surface area contributed by atoms with Crippen molar-refractivity contribution in [2.45, 2.75) is 19.9 Å². The summed E-state index contributed by atoms with van der Waals surface area (Å²) < 4.78 is 5.80. The molecule has 4 nitrogen and oxygen atoms in total. The zero-order valence-electron chi connectivity index (χ0n) is 12.2. The largest absolute Gasteiger partial charge is 0.455 e. The summed E-state index contributed by atoms with van der Waals surface area (Å²) in [6.45, 7) is 3.83. The van der Waals surface area contributed by atoms with E-state index in [-0.39, 0.29) is 11.8 Å². The number of ether oxygens (including phenoxy) is 1. The summed E-state index contributed by atoms with van der Waals surface area (Å²) in [5, 5.41) is 2.82. The minimum absolute atomic E-state index is 0.0761. The van der Waals surface area contributed by atoms with E-state index in [1.54, 1.807) is 6.07 Å². The van der Waals surface area contributed by atoms with Gasteiger partial charge in [-0.1, -0.05) is 44.2 Å². The molecule has 2 rings (SSSR count). The summed E-state index contributed by atoms with van der Waals surface area (Å²) in [4.78, 5) is 12.1.